The molecular formula is C17H16ClFO4. The van der Waals surface area contributed by atoms with E-state index in [9.17, 15) is 9.18 Å². The summed E-state index contributed by atoms with van der Waals surface area (Å²) in [5.41, 5.74) is 1.81. The van der Waals surface area contributed by atoms with Crippen LogP contribution in [0.4, 0.5) is 9.18 Å². The quantitative estimate of drug-likeness (QED) is 0.592. The van der Waals surface area contributed by atoms with Gasteiger partial charge in [-0.25, -0.2) is 9.18 Å². The summed E-state index contributed by atoms with van der Waals surface area (Å²) in [6.07, 6.45) is -0.855. The van der Waals surface area contributed by atoms with Gasteiger partial charge in [-0.15, -0.1) is 0 Å². The lowest BCUT2D eigenvalue weighted by atomic mass is 10.1. The summed E-state index contributed by atoms with van der Waals surface area (Å²) < 4.78 is 28.8. The maximum atomic E-state index is 13.7. The third-order valence-corrected chi connectivity index (χ3v) is 3.62. The van der Waals surface area contributed by atoms with Gasteiger partial charge in [-0.2, -0.15) is 0 Å². The van der Waals surface area contributed by atoms with E-state index in [1.165, 1.54) is 13.2 Å². The van der Waals surface area contributed by atoms with E-state index in [0.29, 0.717) is 21.9 Å². The minimum Gasteiger partial charge on any atom is -0.488 e. The predicted molar refractivity (Wildman–Crippen MR) is 84.7 cm³/mol. The average molecular weight is 339 g/mol. The smallest absolute Gasteiger partial charge is 0.488 e. The topological polar surface area (TPSA) is 44.8 Å². The van der Waals surface area contributed by atoms with Crippen LogP contribution in [0.5, 0.6) is 11.5 Å². The van der Waals surface area contributed by atoms with Crippen molar-refractivity contribution in [2.24, 2.45) is 0 Å². The van der Waals surface area contributed by atoms with E-state index in [0.717, 1.165) is 5.56 Å². The lowest BCUT2D eigenvalue weighted by Gasteiger charge is -2.14. The molecule has 23 heavy (non-hydrogen) atoms. The Morgan fingerprint density at radius 2 is 1.91 bits per heavy atom. The molecule has 0 aliphatic rings. The van der Waals surface area contributed by atoms with Gasteiger partial charge in [0.05, 0.1) is 17.7 Å². The second-order valence-corrected chi connectivity index (χ2v) is 5.34. The Bertz CT molecular complexity index is 731. The highest BCUT2D eigenvalue weighted by molar-refractivity contribution is 6.31. The van der Waals surface area contributed by atoms with Crippen LogP contribution in [0.3, 0.4) is 0 Å². The van der Waals surface area contributed by atoms with Crippen molar-refractivity contribution in [1.29, 1.82) is 0 Å². The van der Waals surface area contributed by atoms with Crippen molar-refractivity contribution in [3.8, 4) is 11.5 Å². The predicted octanol–water partition coefficient (Wildman–Crippen LogP) is 4.82. The molecule has 0 aliphatic heterocycles. The Balaban J connectivity index is 2.23. The molecule has 0 heterocycles. The average Bonchev–Trinajstić information content (AvgIpc) is 2.51. The molecule has 4 nitrogen and oxygen atoms in total. The molecule has 0 unspecified atom stereocenters. The summed E-state index contributed by atoms with van der Waals surface area (Å²) in [6, 6.07) is 7.88. The fourth-order valence-electron chi connectivity index (χ4n) is 2.02. The number of rotatable bonds is 4. The number of hydrogen-bond donors (Lipinski definition) is 0. The van der Waals surface area contributed by atoms with Crippen LogP contribution in [-0.4, -0.2) is 13.3 Å². The Morgan fingerprint density at radius 3 is 2.61 bits per heavy atom. The summed E-state index contributed by atoms with van der Waals surface area (Å²) in [5.74, 6) is 0.280. The molecule has 2 aromatic carbocycles. The molecular weight excluding hydrogens is 323 g/mol. The fourth-order valence-corrected chi connectivity index (χ4v) is 2.24. The highest BCUT2D eigenvalue weighted by Gasteiger charge is 2.14. The summed E-state index contributed by atoms with van der Waals surface area (Å²) in [6.45, 7) is 3.53. The largest absolute Gasteiger partial charge is 0.513 e. The van der Waals surface area contributed by atoms with E-state index in [4.69, 9.17) is 21.1 Å². The third-order valence-electron chi connectivity index (χ3n) is 3.26. The highest BCUT2D eigenvalue weighted by atomic mass is 35.5. The molecule has 2 rings (SSSR count). The zero-order valence-corrected chi connectivity index (χ0v) is 13.7. The standard InChI is InChI=1S/C17H16ClFO4/c1-10-7-11(2)16(8-14(10)19)22-9-12-13(18)5-4-6-15(12)23-17(20)21-3/h4-8H,9H2,1-3H3. The molecule has 0 fully saturated rings. The molecule has 0 aliphatic carbocycles. The van der Waals surface area contributed by atoms with Crippen LogP contribution in [0.2, 0.25) is 5.02 Å². The lowest BCUT2D eigenvalue weighted by molar-refractivity contribution is 0.120. The van der Waals surface area contributed by atoms with Crippen molar-refractivity contribution in [3.05, 3.63) is 57.9 Å². The number of methoxy groups -OCH3 is 1. The van der Waals surface area contributed by atoms with Gasteiger partial charge in [0.25, 0.3) is 0 Å². The Kier molecular flexibility index (Phi) is 5.45. The maximum absolute atomic E-state index is 13.7. The van der Waals surface area contributed by atoms with Gasteiger partial charge >= 0.3 is 6.16 Å². The van der Waals surface area contributed by atoms with E-state index >= 15 is 0 Å². The van der Waals surface area contributed by atoms with Gasteiger partial charge in [0.1, 0.15) is 23.9 Å². The third kappa shape index (κ3) is 4.13. The minimum absolute atomic E-state index is 0.0232. The molecule has 0 bridgehead atoms. The van der Waals surface area contributed by atoms with Crippen LogP contribution in [0.25, 0.3) is 0 Å². The van der Waals surface area contributed by atoms with Crippen molar-refractivity contribution in [2.75, 3.05) is 7.11 Å². The Morgan fingerprint density at radius 1 is 1.17 bits per heavy atom. The van der Waals surface area contributed by atoms with Gasteiger partial charge in [0, 0.05) is 6.07 Å². The first-order chi connectivity index (χ1) is 10.9. The van der Waals surface area contributed by atoms with Crippen LogP contribution < -0.4 is 9.47 Å². The molecule has 0 saturated heterocycles. The molecule has 0 radical (unpaired) electrons. The number of halogens is 2. The van der Waals surface area contributed by atoms with Crippen LogP contribution in [0.1, 0.15) is 16.7 Å². The molecule has 0 spiro atoms. The molecule has 0 saturated carbocycles. The highest BCUT2D eigenvalue weighted by Crippen LogP contribution is 2.29. The van der Waals surface area contributed by atoms with E-state index in [1.54, 1.807) is 31.2 Å². The molecule has 2 aromatic rings. The SMILES string of the molecule is COC(=O)Oc1cccc(Cl)c1COc1cc(F)c(C)cc1C. The number of benzene rings is 2. The van der Waals surface area contributed by atoms with E-state index in [1.807, 2.05) is 6.92 Å². The number of hydrogen-bond acceptors (Lipinski definition) is 4. The van der Waals surface area contributed by atoms with Crippen molar-refractivity contribution < 1.29 is 23.4 Å². The first-order valence-electron chi connectivity index (χ1n) is 6.85. The zero-order valence-electron chi connectivity index (χ0n) is 13.0. The molecule has 122 valence electrons. The van der Waals surface area contributed by atoms with Crippen LogP contribution in [0, 0.1) is 19.7 Å². The molecule has 0 amide bonds. The molecule has 0 atom stereocenters. The summed E-state index contributed by atoms with van der Waals surface area (Å²) in [4.78, 5) is 11.3. The van der Waals surface area contributed by atoms with Crippen LogP contribution in [0.15, 0.2) is 30.3 Å². The normalized spacial score (nSPS) is 10.3. The van der Waals surface area contributed by atoms with Crippen molar-refractivity contribution >= 4 is 17.8 Å². The van der Waals surface area contributed by atoms with Crippen molar-refractivity contribution in [1.82, 2.24) is 0 Å². The molecule has 0 aromatic heterocycles. The van der Waals surface area contributed by atoms with Gasteiger partial charge in [-0.3, -0.25) is 0 Å². The fraction of sp³-hybridized carbons (Fsp3) is 0.235. The second kappa shape index (κ2) is 7.33. The summed E-state index contributed by atoms with van der Waals surface area (Å²) in [7, 11) is 1.21. The van der Waals surface area contributed by atoms with E-state index in [2.05, 4.69) is 4.74 Å². The number of carbonyl (C=O) groups excluding carboxylic acids is 1. The second-order valence-electron chi connectivity index (χ2n) is 4.93. The summed E-state index contributed by atoms with van der Waals surface area (Å²) >= 11 is 6.13. The van der Waals surface area contributed by atoms with Gasteiger partial charge < -0.3 is 14.2 Å². The monoisotopic (exact) mass is 338 g/mol. The minimum atomic E-state index is -0.855. The Hall–Kier alpha value is -2.27. The first kappa shape index (κ1) is 17.1. The lowest BCUT2D eigenvalue weighted by Crippen LogP contribution is -2.10. The maximum Gasteiger partial charge on any atom is 0.513 e. The number of carbonyl (C=O) groups is 1. The van der Waals surface area contributed by atoms with Crippen LogP contribution >= 0.6 is 11.6 Å². The van der Waals surface area contributed by atoms with Gasteiger partial charge in [-0.1, -0.05) is 17.7 Å². The molecule has 6 heteroatoms. The van der Waals surface area contributed by atoms with Crippen LogP contribution in [-0.2, 0) is 11.3 Å². The van der Waals surface area contributed by atoms with Crippen molar-refractivity contribution in [3.63, 3.8) is 0 Å². The van der Waals surface area contributed by atoms with Crippen molar-refractivity contribution in [2.45, 2.75) is 20.5 Å². The first-order valence-corrected chi connectivity index (χ1v) is 7.23. The Labute approximate surface area is 138 Å². The van der Waals surface area contributed by atoms with E-state index < -0.39 is 6.16 Å². The number of ether oxygens (including phenoxy) is 3. The van der Waals surface area contributed by atoms with Gasteiger partial charge in [0.15, 0.2) is 0 Å². The van der Waals surface area contributed by atoms with Gasteiger partial charge in [0.2, 0.25) is 0 Å². The molecule has 0 N–H and O–H groups in total. The zero-order chi connectivity index (χ0) is 17.0. The van der Waals surface area contributed by atoms with Gasteiger partial charge in [-0.05, 0) is 43.2 Å². The number of aryl methyl sites for hydroxylation is 2. The van der Waals surface area contributed by atoms with E-state index in [-0.39, 0.29) is 18.2 Å². The summed E-state index contributed by atoms with van der Waals surface area (Å²) in [5, 5.41) is 0.372.